The fourth-order valence-electron chi connectivity index (χ4n) is 3.19. The molecular formula is C24H28F2N2O3. The minimum Gasteiger partial charge on any atom is -0.447 e. The summed E-state index contributed by atoms with van der Waals surface area (Å²) in [5.41, 5.74) is 0.592. The molecule has 2 aromatic carbocycles. The Labute approximate surface area is 180 Å². The molecule has 0 saturated heterocycles. The minimum atomic E-state index is -3.05. The number of pyridine rings is 1. The fraction of sp³-hybridized carbons (Fsp3) is 0.333. The maximum atomic E-state index is 14.1. The highest BCUT2D eigenvalue weighted by Crippen LogP contribution is 2.35. The van der Waals surface area contributed by atoms with Crippen molar-refractivity contribution in [3.8, 4) is 11.3 Å². The second kappa shape index (κ2) is 9.73. The summed E-state index contributed by atoms with van der Waals surface area (Å²) < 4.78 is 34.5. The van der Waals surface area contributed by atoms with Crippen LogP contribution in [0.3, 0.4) is 0 Å². The summed E-state index contributed by atoms with van der Waals surface area (Å²) in [4.78, 5) is 24.7. The van der Waals surface area contributed by atoms with Crippen LogP contribution in [0.5, 0.6) is 0 Å². The molecule has 0 aliphatic carbocycles. The van der Waals surface area contributed by atoms with Crippen molar-refractivity contribution < 1.29 is 18.3 Å². The Morgan fingerprint density at radius 2 is 1.74 bits per heavy atom. The molecule has 1 amide bonds. The normalized spacial score (nSPS) is 11.1. The third-order valence-corrected chi connectivity index (χ3v) is 4.51. The molecule has 0 aliphatic heterocycles. The predicted octanol–water partition coefficient (Wildman–Crippen LogP) is 6.30. The number of carbonyl (C=O) groups is 1. The zero-order valence-electron chi connectivity index (χ0n) is 18.6. The van der Waals surface area contributed by atoms with Crippen LogP contribution in [0.2, 0.25) is 0 Å². The number of halogens is 2. The summed E-state index contributed by atoms with van der Waals surface area (Å²) in [5.74, 6) is -3.05. The maximum absolute atomic E-state index is 14.1. The second-order valence-corrected chi connectivity index (χ2v) is 7.21. The van der Waals surface area contributed by atoms with Gasteiger partial charge < -0.3 is 9.30 Å². The number of benzene rings is 2. The number of hydrogen-bond donors (Lipinski definition) is 1. The predicted molar refractivity (Wildman–Crippen MR) is 121 cm³/mol. The first-order valence-electron chi connectivity index (χ1n) is 10.2. The Kier molecular flexibility index (Phi) is 7.55. The molecule has 0 bridgehead atoms. The van der Waals surface area contributed by atoms with Gasteiger partial charge in [-0.05, 0) is 37.4 Å². The van der Waals surface area contributed by atoms with Crippen LogP contribution in [0.25, 0.3) is 22.0 Å². The summed E-state index contributed by atoms with van der Waals surface area (Å²) in [7, 11) is 1.54. The Morgan fingerprint density at radius 3 is 2.35 bits per heavy atom. The molecule has 0 atom stereocenters. The van der Waals surface area contributed by atoms with Gasteiger partial charge in [0.2, 0.25) is 0 Å². The molecule has 1 aromatic heterocycles. The van der Waals surface area contributed by atoms with Gasteiger partial charge >= 0.3 is 6.09 Å². The molecule has 0 radical (unpaired) electrons. The quantitative estimate of drug-likeness (QED) is 0.528. The van der Waals surface area contributed by atoms with Crippen molar-refractivity contribution in [2.75, 3.05) is 5.32 Å². The average molecular weight is 430 g/mol. The second-order valence-electron chi connectivity index (χ2n) is 7.21. The lowest BCUT2D eigenvalue weighted by Crippen LogP contribution is -2.21. The molecular weight excluding hydrogens is 402 g/mol. The zero-order chi connectivity index (χ0) is 23.3. The van der Waals surface area contributed by atoms with Crippen molar-refractivity contribution in [2.24, 2.45) is 7.05 Å². The van der Waals surface area contributed by atoms with E-state index in [0.717, 1.165) is 6.92 Å². The number of nitrogens with zero attached hydrogens (tertiary/aromatic N) is 1. The lowest BCUT2D eigenvalue weighted by atomic mass is 9.98. The third kappa shape index (κ3) is 5.48. The van der Waals surface area contributed by atoms with Crippen molar-refractivity contribution in [2.45, 2.75) is 46.6 Å². The molecule has 7 heteroatoms. The van der Waals surface area contributed by atoms with Crippen LogP contribution in [-0.4, -0.2) is 16.8 Å². The summed E-state index contributed by atoms with van der Waals surface area (Å²) >= 11 is 0. The van der Waals surface area contributed by atoms with Crippen LogP contribution in [0, 0.1) is 0 Å². The Morgan fingerprint density at radius 1 is 1.10 bits per heavy atom. The lowest BCUT2D eigenvalue weighted by Gasteiger charge is -2.18. The number of ether oxygens (including phenoxy) is 1. The first-order chi connectivity index (χ1) is 14.6. The third-order valence-electron chi connectivity index (χ3n) is 4.51. The van der Waals surface area contributed by atoms with Crippen LogP contribution in [0.15, 0.2) is 53.3 Å². The highest BCUT2D eigenvalue weighted by atomic mass is 19.3. The first kappa shape index (κ1) is 24.1. The van der Waals surface area contributed by atoms with Crippen LogP contribution in [0.1, 0.15) is 40.2 Å². The van der Waals surface area contributed by atoms with Gasteiger partial charge in [-0.15, -0.1) is 0 Å². The number of aromatic nitrogens is 1. The highest BCUT2D eigenvalue weighted by Gasteiger charge is 2.28. The molecule has 0 aliphatic rings. The number of fused-ring (bicyclic) bond motifs is 1. The van der Waals surface area contributed by atoms with E-state index in [1.54, 1.807) is 56.3 Å². The van der Waals surface area contributed by atoms with E-state index < -0.39 is 12.0 Å². The van der Waals surface area contributed by atoms with Crippen molar-refractivity contribution in [3.05, 3.63) is 64.4 Å². The van der Waals surface area contributed by atoms with Crippen LogP contribution < -0.4 is 10.9 Å². The lowest BCUT2D eigenvalue weighted by molar-refractivity contribution is 0.0180. The minimum absolute atomic E-state index is 0.149. The smallest absolute Gasteiger partial charge is 0.411 e. The number of carbonyl (C=O) groups excluding carboxylic acids is 1. The van der Waals surface area contributed by atoms with Crippen LogP contribution in [-0.2, 0) is 17.7 Å². The Bertz CT molecular complexity index is 1130. The molecule has 3 rings (SSSR count). The van der Waals surface area contributed by atoms with Crippen LogP contribution in [0.4, 0.5) is 19.3 Å². The first-order valence-corrected chi connectivity index (χ1v) is 10.2. The van der Waals surface area contributed by atoms with Crippen molar-refractivity contribution in [1.82, 2.24) is 4.57 Å². The molecule has 0 saturated carbocycles. The van der Waals surface area contributed by atoms with Gasteiger partial charge in [0.05, 0.1) is 11.8 Å². The van der Waals surface area contributed by atoms with Gasteiger partial charge in [0, 0.05) is 36.2 Å². The number of nitrogens with one attached hydrogen (secondary N) is 1. The largest absolute Gasteiger partial charge is 0.447 e. The van der Waals surface area contributed by atoms with E-state index in [9.17, 15) is 18.4 Å². The van der Waals surface area contributed by atoms with E-state index in [2.05, 4.69) is 5.32 Å². The highest BCUT2D eigenvalue weighted by molar-refractivity contribution is 5.92. The SMILES string of the molecule is CC.CC(C)OC(=O)Nc1ccc2cc(-c3ccccc3C(C)(F)F)n(C)c(=O)c2c1. The zero-order valence-corrected chi connectivity index (χ0v) is 18.6. The van der Waals surface area contributed by atoms with E-state index in [1.165, 1.54) is 17.7 Å². The monoisotopic (exact) mass is 430 g/mol. The summed E-state index contributed by atoms with van der Waals surface area (Å²) in [6.45, 7) is 8.29. The molecule has 0 fully saturated rings. The van der Waals surface area contributed by atoms with Gasteiger partial charge in [-0.1, -0.05) is 44.2 Å². The number of alkyl halides is 2. The molecule has 31 heavy (non-hydrogen) atoms. The summed E-state index contributed by atoms with van der Waals surface area (Å²) in [6.07, 6.45) is -0.894. The van der Waals surface area contributed by atoms with Gasteiger partial charge in [0.15, 0.2) is 0 Å². The van der Waals surface area contributed by atoms with Gasteiger partial charge in [-0.2, -0.15) is 0 Å². The molecule has 0 spiro atoms. The van der Waals surface area contributed by atoms with Crippen molar-refractivity contribution in [3.63, 3.8) is 0 Å². The van der Waals surface area contributed by atoms with Gasteiger partial charge in [-0.25, -0.2) is 13.6 Å². The fourth-order valence-corrected chi connectivity index (χ4v) is 3.19. The van der Waals surface area contributed by atoms with E-state index in [0.29, 0.717) is 27.7 Å². The summed E-state index contributed by atoms with van der Waals surface area (Å²) in [5, 5.41) is 3.52. The number of amides is 1. The van der Waals surface area contributed by atoms with Gasteiger partial charge in [0.25, 0.3) is 11.5 Å². The van der Waals surface area contributed by atoms with Crippen molar-refractivity contribution in [1.29, 1.82) is 0 Å². The molecule has 3 aromatic rings. The molecule has 5 nitrogen and oxygen atoms in total. The van der Waals surface area contributed by atoms with E-state index in [-0.39, 0.29) is 17.2 Å². The van der Waals surface area contributed by atoms with Gasteiger partial charge in [-0.3, -0.25) is 10.1 Å². The number of anilines is 1. The topological polar surface area (TPSA) is 60.3 Å². The molecule has 1 N–H and O–H groups in total. The van der Waals surface area contributed by atoms with E-state index >= 15 is 0 Å². The standard InChI is InChI=1S/C22H22F2N2O3.C2H6/c1-13(2)29-21(28)25-15-10-9-14-11-19(26(4)20(27)17(14)12-15)16-7-5-6-8-18(16)22(3,23)24;1-2/h5-13H,1-4H3,(H,25,28);1-2H3. The maximum Gasteiger partial charge on any atom is 0.411 e. The molecule has 0 unspecified atom stereocenters. The number of rotatable bonds is 4. The Balaban J connectivity index is 0.00000166. The molecule has 166 valence electrons. The average Bonchev–Trinajstić information content (AvgIpc) is 2.71. The van der Waals surface area contributed by atoms with Crippen molar-refractivity contribution >= 4 is 22.6 Å². The van der Waals surface area contributed by atoms with E-state index in [4.69, 9.17) is 4.74 Å². The Hall–Kier alpha value is -3.22. The number of hydrogen-bond acceptors (Lipinski definition) is 3. The molecule has 1 heterocycles. The van der Waals surface area contributed by atoms with Gasteiger partial charge in [0.1, 0.15) is 0 Å². The van der Waals surface area contributed by atoms with Crippen LogP contribution >= 0.6 is 0 Å². The van der Waals surface area contributed by atoms with E-state index in [1.807, 2.05) is 13.8 Å². The summed E-state index contributed by atoms with van der Waals surface area (Å²) in [6, 6.07) is 12.7.